The summed E-state index contributed by atoms with van der Waals surface area (Å²) < 4.78 is 7.17. The average molecular weight is 338 g/mol. The molecule has 25 heavy (non-hydrogen) atoms. The Morgan fingerprint density at radius 3 is 2.68 bits per heavy atom. The van der Waals surface area contributed by atoms with Crippen LogP contribution < -0.4 is 10.1 Å². The van der Waals surface area contributed by atoms with Gasteiger partial charge in [0.15, 0.2) is 0 Å². The first kappa shape index (κ1) is 17.0. The molecule has 0 saturated heterocycles. The number of benzene rings is 1. The van der Waals surface area contributed by atoms with Crippen LogP contribution in [0.3, 0.4) is 0 Å². The standard InChI is InChI=1S/C19H22N4O2/c1-11-10-20-19-14(7-6-8-16(19)25-5)18(11)21-17(24)9-15-12(2)22-23(4)13(15)3/h6-8,10H,9H2,1-5H3,(H,20,21,24). The SMILES string of the molecule is COc1cccc2c(NC(=O)Cc3c(C)nn(C)c3C)c(C)cnc12. The van der Waals surface area contributed by atoms with E-state index >= 15 is 0 Å². The Hall–Kier alpha value is -2.89. The van der Waals surface area contributed by atoms with Crippen LogP contribution >= 0.6 is 0 Å². The van der Waals surface area contributed by atoms with Crippen molar-refractivity contribution in [2.24, 2.45) is 7.05 Å². The largest absolute Gasteiger partial charge is 0.494 e. The molecule has 3 aromatic rings. The van der Waals surface area contributed by atoms with E-state index in [4.69, 9.17) is 4.74 Å². The number of methoxy groups -OCH3 is 1. The fraction of sp³-hybridized carbons (Fsp3) is 0.316. The number of carbonyl (C=O) groups is 1. The van der Waals surface area contributed by atoms with Gasteiger partial charge in [-0.05, 0) is 32.4 Å². The van der Waals surface area contributed by atoms with Crippen molar-refractivity contribution >= 4 is 22.5 Å². The molecule has 1 aromatic carbocycles. The van der Waals surface area contributed by atoms with E-state index in [1.807, 2.05) is 46.0 Å². The van der Waals surface area contributed by atoms with E-state index in [0.29, 0.717) is 12.2 Å². The van der Waals surface area contributed by atoms with Gasteiger partial charge in [-0.25, -0.2) is 0 Å². The van der Waals surface area contributed by atoms with E-state index in [0.717, 1.165) is 39.1 Å². The van der Waals surface area contributed by atoms with Crippen molar-refractivity contribution in [3.8, 4) is 5.75 Å². The summed E-state index contributed by atoms with van der Waals surface area (Å²) in [4.78, 5) is 17.1. The van der Waals surface area contributed by atoms with Gasteiger partial charge in [0.05, 0.1) is 24.9 Å². The highest BCUT2D eigenvalue weighted by Gasteiger charge is 2.16. The van der Waals surface area contributed by atoms with Crippen molar-refractivity contribution in [3.05, 3.63) is 46.9 Å². The minimum absolute atomic E-state index is 0.0716. The number of aryl methyl sites for hydroxylation is 3. The molecular weight excluding hydrogens is 316 g/mol. The number of rotatable bonds is 4. The number of pyridine rings is 1. The first-order valence-electron chi connectivity index (χ1n) is 8.13. The van der Waals surface area contributed by atoms with Gasteiger partial charge in [0, 0.05) is 29.9 Å². The van der Waals surface area contributed by atoms with Crippen LogP contribution in [0.15, 0.2) is 24.4 Å². The van der Waals surface area contributed by atoms with Crippen molar-refractivity contribution in [1.82, 2.24) is 14.8 Å². The summed E-state index contributed by atoms with van der Waals surface area (Å²) in [5, 5.41) is 8.28. The molecule has 0 atom stereocenters. The van der Waals surface area contributed by atoms with E-state index < -0.39 is 0 Å². The maximum atomic E-state index is 12.6. The second-order valence-corrected chi connectivity index (χ2v) is 6.17. The number of carbonyl (C=O) groups excluding carboxylic acids is 1. The molecule has 2 heterocycles. The van der Waals surface area contributed by atoms with Gasteiger partial charge in [0.1, 0.15) is 11.3 Å². The monoisotopic (exact) mass is 338 g/mol. The van der Waals surface area contributed by atoms with Crippen molar-refractivity contribution in [3.63, 3.8) is 0 Å². The predicted molar refractivity (Wildman–Crippen MR) is 98.0 cm³/mol. The molecule has 6 nitrogen and oxygen atoms in total. The normalized spacial score (nSPS) is 10.9. The van der Waals surface area contributed by atoms with Crippen molar-refractivity contribution in [2.75, 3.05) is 12.4 Å². The maximum Gasteiger partial charge on any atom is 0.228 e. The fourth-order valence-corrected chi connectivity index (χ4v) is 3.04. The number of ether oxygens (including phenoxy) is 1. The van der Waals surface area contributed by atoms with Crippen LogP contribution in [0.5, 0.6) is 5.75 Å². The van der Waals surface area contributed by atoms with E-state index in [9.17, 15) is 4.79 Å². The number of nitrogens with zero attached hydrogens (tertiary/aromatic N) is 3. The Morgan fingerprint density at radius 1 is 1.28 bits per heavy atom. The van der Waals surface area contributed by atoms with E-state index in [2.05, 4.69) is 15.4 Å². The minimum atomic E-state index is -0.0716. The molecule has 0 aliphatic heterocycles. The number of hydrogen-bond acceptors (Lipinski definition) is 4. The van der Waals surface area contributed by atoms with Gasteiger partial charge >= 0.3 is 0 Å². The molecule has 0 spiro atoms. The van der Waals surface area contributed by atoms with Gasteiger partial charge in [0.2, 0.25) is 5.91 Å². The molecule has 0 aliphatic carbocycles. The lowest BCUT2D eigenvalue weighted by Crippen LogP contribution is -2.16. The quantitative estimate of drug-likeness (QED) is 0.794. The molecule has 130 valence electrons. The zero-order valence-electron chi connectivity index (χ0n) is 15.2. The van der Waals surface area contributed by atoms with Crippen LogP contribution in [0, 0.1) is 20.8 Å². The first-order chi connectivity index (χ1) is 11.9. The summed E-state index contributed by atoms with van der Waals surface area (Å²) in [6, 6.07) is 5.69. The minimum Gasteiger partial charge on any atom is -0.494 e. The zero-order valence-corrected chi connectivity index (χ0v) is 15.2. The van der Waals surface area contributed by atoms with Gasteiger partial charge in [-0.1, -0.05) is 12.1 Å². The molecule has 3 rings (SSSR count). The fourth-order valence-electron chi connectivity index (χ4n) is 3.04. The zero-order chi connectivity index (χ0) is 18.1. The molecule has 0 unspecified atom stereocenters. The lowest BCUT2D eigenvalue weighted by molar-refractivity contribution is -0.115. The van der Waals surface area contributed by atoms with Gasteiger partial charge in [-0.2, -0.15) is 5.10 Å². The van der Waals surface area contributed by atoms with Crippen LogP contribution in [0.2, 0.25) is 0 Å². The Balaban J connectivity index is 1.95. The second kappa shape index (κ2) is 6.55. The molecule has 0 saturated carbocycles. The number of para-hydroxylation sites is 1. The van der Waals surface area contributed by atoms with Crippen molar-refractivity contribution < 1.29 is 9.53 Å². The summed E-state index contributed by atoms with van der Waals surface area (Å²) in [5.74, 6) is 0.615. The summed E-state index contributed by atoms with van der Waals surface area (Å²) >= 11 is 0. The first-order valence-corrected chi connectivity index (χ1v) is 8.13. The highest BCUT2D eigenvalue weighted by atomic mass is 16.5. The van der Waals surface area contributed by atoms with E-state index in [1.165, 1.54) is 0 Å². The predicted octanol–water partition coefficient (Wildman–Crippen LogP) is 3.08. The second-order valence-electron chi connectivity index (χ2n) is 6.17. The molecule has 2 aromatic heterocycles. The average Bonchev–Trinajstić information content (AvgIpc) is 2.83. The summed E-state index contributed by atoms with van der Waals surface area (Å²) in [6.45, 7) is 5.83. The summed E-state index contributed by atoms with van der Waals surface area (Å²) in [5.41, 5.74) is 5.27. The smallest absolute Gasteiger partial charge is 0.228 e. The highest BCUT2D eigenvalue weighted by Crippen LogP contribution is 2.31. The van der Waals surface area contributed by atoms with Gasteiger partial charge in [-0.15, -0.1) is 0 Å². The highest BCUT2D eigenvalue weighted by molar-refractivity contribution is 6.04. The lowest BCUT2D eigenvalue weighted by Gasteiger charge is -2.13. The molecular formula is C19H22N4O2. The number of amides is 1. The number of aromatic nitrogens is 3. The van der Waals surface area contributed by atoms with Crippen LogP contribution in [-0.2, 0) is 18.3 Å². The summed E-state index contributed by atoms with van der Waals surface area (Å²) in [6.07, 6.45) is 2.04. The molecule has 0 radical (unpaired) electrons. The number of anilines is 1. The molecule has 1 amide bonds. The van der Waals surface area contributed by atoms with Gasteiger partial charge < -0.3 is 10.1 Å². The van der Waals surface area contributed by atoms with Crippen LogP contribution in [0.4, 0.5) is 5.69 Å². The van der Waals surface area contributed by atoms with Crippen LogP contribution in [0.1, 0.15) is 22.5 Å². The Bertz CT molecular complexity index is 960. The third-order valence-corrected chi connectivity index (χ3v) is 4.53. The van der Waals surface area contributed by atoms with Crippen LogP contribution in [0.25, 0.3) is 10.9 Å². The topological polar surface area (TPSA) is 69.0 Å². The summed E-state index contributed by atoms with van der Waals surface area (Å²) in [7, 11) is 3.50. The lowest BCUT2D eigenvalue weighted by atomic mass is 10.1. The van der Waals surface area contributed by atoms with Crippen LogP contribution in [-0.4, -0.2) is 27.8 Å². The molecule has 6 heteroatoms. The molecule has 1 N–H and O–H groups in total. The molecule has 0 aliphatic rings. The number of fused-ring (bicyclic) bond motifs is 1. The van der Waals surface area contributed by atoms with E-state index in [-0.39, 0.29) is 5.91 Å². The van der Waals surface area contributed by atoms with E-state index in [1.54, 1.807) is 18.0 Å². The molecule has 0 fully saturated rings. The van der Waals surface area contributed by atoms with Gasteiger partial charge in [0.25, 0.3) is 0 Å². The third-order valence-electron chi connectivity index (χ3n) is 4.53. The number of hydrogen-bond donors (Lipinski definition) is 1. The maximum absolute atomic E-state index is 12.6. The Morgan fingerprint density at radius 2 is 2.04 bits per heavy atom. The Kier molecular flexibility index (Phi) is 4.44. The Labute approximate surface area is 146 Å². The third kappa shape index (κ3) is 3.07. The van der Waals surface area contributed by atoms with Crippen molar-refractivity contribution in [2.45, 2.75) is 27.2 Å². The molecule has 0 bridgehead atoms. The van der Waals surface area contributed by atoms with Crippen molar-refractivity contribution in [1.29, 1.82) is 0 Å². The number of nitrogens with one attached hydrogen (secondary N) is 1. The van der Waals surface area contributed by atoms with Gasteiger partial charge in [-0.3, -0.25) is 14.5 Å².